The minimum Gasteiger partial charge on any atom is -0.478 e. The maximum Gasteiger partial charge on any atom is 0.335 e. The monoisotopic (exact) mass is 280 g/mol. The molecule has 0 aliphatic rings. The van der Waals surface area contributed by atoms with E-state index in [1.165, 1.54) is 17.0 Å². The number of nitrogens with zero attached hydrogens (tertiary/aromatic N) is 1. The Hall–Kier alpha value is -2.08. The highest BCUT2D eigenvalue weighted by Gasteiger charge is 2.15. The van der Waals surface area contributed by atoms with Crippen molar-refractivity contribution < 1.29 is 19.8 Å². The Morgan fingerprint density at radius 1 is 1.25 bits per heavy atom. The van der Waals surface area contributed by atoms with Crippen LogP contribution in [0.2, 0.25) is 0 Å². The Bertz CT molecular complexity index is 457. The molecule has 0 heterocycles. The topological polar surface area (TPSA) is 89.9 Å². The Morgan fingerprint density at radius 2 is 1.85 bits per heavy atom. The summed E-state index contributed by atoms with van der Waals surface area (Å²) in [6, 6.07) is 5.65. The number of anilines is 1. The minimum absolute atomic E-state index is 0.149. The number of benzene rings is 1. The molecule has 2 amide bonds. The van der Waals surface area contributed by atoms with Crippen LogP contribution in [0.5, 0.6) is 0 Å². The lowest BCUT2D eigenvalue weighted by Crippen LogP contribution is -2.43. The first-order valence-corrected chi connectivity index (χ1v) is 6.45. The van der Waals surface area contributed by atoms with E-state index in [0.29, 0.717) is 18.2 Å². The van der Waals surface area contributed by atoms with Gasteiger partial charge in [0.25, 0.3) is 0 Å². The third kappa shape index (κ3) is 4.55. The number of aromatic carboxylic acids is 1. The summed E-state index contributed by atoms with van der Waals surface area (Å²) in [4.78, 5) is 24.2. The van der Waals surface area contributed by atoms with E-state index in [0.717, 1.165) is 0 Å². The van der Waals surface area contributed by atoms with Crippen molar-refractivity contribution in [2.45, 2.75) is 13.8 Å². The molecule has 6 heteroatoms. The van der Waals surface area contributed by atoms with Crippen molar-refractivity contribution in [2.75, 3.05) is 24.6 Å². The van der Waals surface area contributed by atoms with Gasteiger partial charge < -0.3 is 15.5 Å². The summed E-state index contributed by atoms with van der Waals surface area (Å²) < 4.78 is 0. The fourth-order valence-corrected chi connectivity index (χ4v) is 1.62. The second-order valence-electron chi connectivity index (χ2n) is 4.81. The van der Waals surface area contributed by atoms with Gasteiger partial charge in [-0.1, -0.05) is 13.8 Å². The first-order chi connectivity index (χ1) is 9.45. The van der Waals surface area contributed by atoms with E-state index in [1.54, 1.807) is 12.1 Å². The molecule has 1 aromatic carbocycles. The SMILES string of the molecule is CC(C)CNC(=O)N(CCO)c1ccc(C(=O)O)cc1. The summed E-state index contributed by atoms with van der Waals surface area (Å²) >= 11 is 0. The van der Waals surface area contributed by atoms with E-state index in [9.17, 15) is 9.59 Å². The number of nitrogens with one attached hydrogen (secondary N) is 1. The fourth-order valence-electron chi connectivity index (χ4n) is 1.62. The second-order valence-corrected chi connectivity index (χ2v) is 4.81. The molecular formula is C14H20N2O4. The largest absolute Gasteiger partial charge is 0.478 e. The van der Waals surface area contributed by atoms with Crippen molar-refractivity contribution in [3.63, 3.8) is 0 Å². The van der Waals surface area contributed by atoms with E-state index in [-0.39, 0.29) is 24.7 Å². The highest BCUT2D eigenvalue weighted by atomic mass is 16.4. The lowest BCUT2D eigenvalue weighted by atomic mass is 10.2. The van der Waals surface area contributed by atoms with Crippen molar-refractivity contribution in [1.82, 2.24) is 5.32 Å². The summed E-state index contributed by atoms with van der Waals surface area (Å²) in [5.41, 5.74) is 0.700. The summed E-state index contributed by atoms with van der Waals surface area (Å²) in [6.45, 7) is 4.48. The van der Waals surface area contributed by atoms with Crippen LogP contribution in [0.3, 0.4) is 0 Å². The Kier molecular flexibility index (Phi) is 5.99. The van der Waals surface area contributed by atoms with Crippen molar-refractivity contribution in [2.24, 2.45) is 5.92 Å². The minimum atomic E-state index is -1.02. The molecule has 20 heavy (non-hydrogen) atoms. The van der Waals surface area contributed by atoms with Crippen LogP contribution in [-0.2, 0) is 0 Å². The van der Waals surface area contributed by atoms with Gasteiger partial charge in [0.05, 0.1) is 18.7 Å². The fraction of sp³-hybridized carbons (Fsp3) is 0.429. The molecule has 1 aromatic rings. The zero-order chi connectivity index (χ0) is 15.1. The zero-order valence-electron chi connectivity index (χ0n) is 11.7. The summed E-state index contributed by atoms with van der Waals surface area (Å²) in [7, 11) is 0. The van der Waals surface area contributed by atoms with Crippen molar-refractivity contribution >= 4 is 17.7 Å². The number of carbonyl (C=O) groups excluding carboxylic acids is 1. The quantitative estimate of drug-likeness (QED) is 0.737. The molecule has 0 aromatic heterocycles. The number of aliphatic hydroxyl groups excluding tert-OH is 1. The Labute approximate surface area is 118 Å². The number of urea groups is 1. The van der Waals surface area contributed by atoms with Gasteiger partial charge in [0.1, 0.15) is 0 Å². The van der Waals surface area contributed by atoms with Gasteiger partial charge in [0.15, 0.2) is 0 Å². The molecular weight excluding hydrogens is 260 g/mol. The molecule has 3 N–H and O–H groups in total. The lowest BCUT2D eigenvalue weighted by molar-refractivity contribution is 0.0697. The summed E-state index contributed by atoms with van der Waals surface area (Å²) in [5.74, 6) is -0.696. The number of carboxylic acids is 1. The third-order valence-electron chi connectivity index (χ3n) is 2.66. The van der Waals surface area contributed by atoms with E-state index in [2.05, 4.69) is 5.32 Å². The molecule has 110 valence electrons. The van der Waals surface area contributed by atoms with Crippen LogP contribution in [0.4, 0.5) is 10.5 Å². The zero-order valence-corrected chi connectivity index (χ0v) is 11.7. The molecule has 0 radical (unpaired) electrons. The maximum atomic E-state index is 12.0. The Balaban J connectivity index is 2.84. The first kappa shape index (κ1) is 16.0. The lowest BCUT2D eigenvalue weighted by Gasteiger charge is -2.23. The molecule has 6 nitrogen and oxygen atoms in total. The third-order valence-corrected chi connectivity index (χ3v) is 2.66. The molecule has 0 aliphatic heterocycles. The highest BCUT2D eigenvalue weighted by Crippen LogP contribution is 2.15. The molecule has 0 fully saturated rings. The average Bonchev–Trinajstić information content (AvgIpc) is 2.42. The van der Waals surface area contributed by atoms with Gasteiger partial charge in [-0.25, -0.2) is 9.59 Å². The van der Waals surface area contributed by atoms with Crippen LogP contribution in [0.25, 0.3) is 0 Å². The van der Waals surface area contributed by atoms with Gasteiger partial charge in [0, 0.05) is 12.2 Å². The molecule has 0 saturated carbocycles. The highest BCUT2D eigenvalue weighted by molar-refractivity contribution is 5.93. The molecule has 1 rings (SSSR count). The summed E-state index contributed by atoms with van der Waals surface area (Å²) in [5, 5.41) is 20.7. The van der Waals surface area contributed by atoms with Gasteiger partial charge in [-0.05, 0) is 30.2 Å². The van der Waals surface area contributed by atoms with Crippen molar-refractivity contribution in [3.05, 3.63) is 29.8 Å². The Morgan fingerprint density at radius 3 is 2.30 bits per heavy atom. The van der Waals surface area contributed by atoms with Crippen molar-refractivity contribution in [1.29, 1.82) is 0 Å². The standard InChI is InChI=1S/C14H20N2O4/c1-10(2)9-15-14(20)16(7-8-17)12-5-3-11(4-6-12)13(18)19/h3-6,10,17H,7-9H2,1-2H3,(H,15,20)(H,18,19). The van der Waals surface area contributed by atoms with Crippen LogP contribution >= 0.6 is 0 Å². The van der Waals surface area contributed by atoms with Crippen LogP contribution in [0, 0.1) is 5.92 Å². The van der Waals surface area contributed by atoms with E-state index >= 15 is 0 Å². The molecule has 0 unspecified atom stereocenters. The average molecular weight is 280 g/mol. The molecule has 0 aliphatic carbocycles. The smallest absolute Gasteiger partial charge is 0.335 e. The van der Waals surface area contributed by atoms with Gasteiger partial charge in [-0.3, -0.25) is 4.90 Å². The maximum absolute atomic E-state index is 12.0. The molecule has 0 bridgehead atoms. The second kappa shape index (κ2) is 7.49. The van der Waals surface area contributed by atoms with Gasteiger partial charge >= 0.3 is 12.0 Å². The van der Waals surface area contributed by atoms with E-state index < -0.39 is 5.97 Å². The van der Waals surface area contributed by atoms with Gasteiger partial charge in [-0.15, -0.1) is 0 Å². The van der Waals surface area contributed by atoms with Crippen LogP contribution < -0.4 is 10.2 Å². The number of carbonyl (C=O) groups is 2. The summed E-state index contributed by atoms with van der Waals surface area (Å²) in [6.07, 6.45) is 0. The molecule has 0 saturated heterocycles. The molecule has 0 spiro atoms. The van der Waals surface area contributed by atoms with E-state index in [1.807, 2.05) is 13.8 Å². The predicted octanol–water partition coefficient (Wildman–Crippen LogP) is 1.55. The van der Waals surface area contributed by atoms with Gasteiger partial charge in [-0.2, -0.15) is 0 Å². The number of carboxylic acid groups (broad SMARTS) is 1. The predicted molar refractivity (Wildman–Crippen MR) is 76.1 cm³/mol. The number of hydrogen-bond donors (Lipinski definition) is 3. The number of amides is 2. The van der Waals surface area contributed by atoms with Crippen LogP contribution in [0.1, 0.15) is 24.2 Å². The van der Waals surface area contributed by atoms with Crippen LogP contribution in [0.15, 0.2) is 24.3 Å². The van der Waals surface area contributed by atoms with Crippen LogP contribution in [-0.4, -0.2) is 41.9 Å². The number of aliphatic hydroxyl groups is 1. The number of rotatable bonds is 6. The molecule has 0 atom stereocenters. The van der Waals surface area contributed by atoms with Crippen molar-refractivity contribution in [3.8, 4) is 0 Å². The van der Waals surface area contributed by atoms with E-state index in [4.69, 9.17) is 10.2 Å². The van der Waals surface area contributed by atoms with Gasteiger partial charge in [0.2, 0.25) is 0 Å². The normalized spacial score (nSPS) is 10.4. The number of hydrogen-bond acceptors (Lipinski definition) is 3. The first-order valence-electron chi connectivity index (χ1n) is 6.45.